The number of amides is 3. The van der Waals surface area contributed by atoms with E-state index in [9.17, 15) is 9.59 Å². The molecule has 18 heavy (non-hydrogen) atoms. The molecule has 0 fully saturated rings. The summed E-state index contributed by atoms with van der Waals surface area (Å²) in [7, 11) is 0. The highest BCUT2D eigenvalue weighted by Crippen LogP contribution is 2.03. The highest BCUT2D eigenvalue weighted by molar-refractivity contribution is 6.31. The molecule has 0 saturated carbocycles. The number of alkyl halides is 1. The number of nitrogens with zero attached hydrogens (tertiary/aromatic N) is 2. The Morgan fingerprint density at radius 2 is 2.06 bits per heavy atom. The number of imide groups is 1. The van der Waals surface area contributed by atoms with Gasteiger partial charge in [0.1, 0.15) is 5.38 Å². The third-order valence-corrected chi connectivity index (χ3v) is 2.58. The molecule has 6 heteroatoms. The Labute approximate surface area is 111 Å². The van der Waals surface area contributed by atoms with Gasteiger partial charge in [0, 0.05) is 25.5 Å². The van der Waals surface area contributed by atoms with Crippen molar-refractivity contribution in [2.24, 2.45) is 0 Å². The third-order valence-electron chi connectivity index (χ3n) is 2.38. The molecule has 1 rings (SSSR count). The van der Waals surface area contributed by atoms with Gasteiger partial charge in [-0.25, -0.2) is 4.79 Å². The van der Waals surface area contributed by atoms with Gasteiger partial charge in [0.05, 0.1) is 0 Å². The first-order chi connectivity index (χ1) is 8.54. The Morgan fingerprint density at radius 1 is 1.44 bits per heavy atom. The van der Waals surface area contributed by atoms with Crippen LogP contribution in [0, 0.1) is 0 Å². The molecule has 0 aliphatic heterocycles. The summed E-state index contributed by atoms with van der Waals surface area (Å²) in [5.74, 6) is -0.491. The van der Waals surface area contributed by atoms with Gasteiger partial charge >= 0.3 is 6.03 Å². The average molecular weight is 270 g/mol. The zero-order valence-corrected chi connectivity index (χ0v) is 11.1. The van der Waals surface area contributed by atoms with Gasteiger partial charge in [-0.2, -0.15) is 0 Å². The number of urea groups is 1. The predicted molar refractivity (Wildman–Crippen MR) is 69.2 cm³/mol. The van der Waals surface area contributed by atoms with Gasteiger partial charge < -0.3 is 4.90 Å². The fourth-order valence-corrected chi connectivity index (χ4v) is 1.37. The number of aromatic nitrogens is 1. The number of carbonyl (C=O) groups is 2. The van der Waals surface area contributed by atoms with Gasteiger partial charge in [-0.05, 0) is 31.5 Å². The second-order valence-electron chi connectivity index (χ2n) is 3.78. The lowest BCUT2D eigenvalue weighted by Crippen LogP contribution is -2.44. The van der Waals surface area contributed by atoms with Gasteiger partial charge in [0.2, 0.25) is 5.91 Å². The van der Waals surface area contributed by atoms with Crippen LogP contribution in [0.1, 0.15) is 19.4 Å². The maximum atomic E-state index is 11.8. The van der Waals surface area contributed by atoms with Gasteiger partial charge in [0.25, 0.3) is 0 Å². The Kier molecular flexibility index (Phi) is 5.58. The van der Waals surface area contributed by atoms with Crippen LogP contribution in [-0.4, -0.2) is 33.7 Å². The Balaban J connectivity index is 2.61. The molecule has 0 aliphatic carbocycles. The molecule has 0 aliphatic rings. The third kappa shape index (κ3) is 4.33. The van der Waals surface area contributed by atoms with Crippen molar-refractivity contribution in [1.29, 1.82) is 0 Å². The standard InChI is InChI=1S/C12H16ClN3O2/c1-3-16(8-10-4-6-14-7-5-10)12(18)15-11(17)9(2)13/h4-7,9H,3,8H2,1-2H3,(H,15,17,18). The molecule has 0 saturated heterocycles. The minimum atomic E-state index is -0.728. The van der Waals surface area contributed by atoms with Crippen molar-refractivity contribution < 1.29 is 9.59 Å². The molecular weight excluding hydrogens is 254 g/mol. The van der Waals surface area contributed by atoms with Crippen molar-refractivity contribution in [1.82, 2.24) is 15.2 Å². The van der Waals surface area contributed by atoms with Crippen LogP contribution in [-0.2, 0) is 11.3 Å². The lowest BCUT2D eigenvalue weighted by atomic mass is 10.2. The van der Waals surface area contributed by atoms with E-state index in [1.54, 1.807) is 12.4 Å². The fraction of sp³-hybridized carbons (Fsp3) is 0.417. The molecule has 5 nitrogen and oxygen atoms in total. The van der Waals surface area contributed by atoms with E-state index in [1.165, 1.54) is 11.8 Å². The first kappa shape index (κ1) is 14.4. The predicted octanol–water partition coefficient (Wildman–Crippen LogP) is 1.77. The second-order valence-corrected chi connectivity index (χ2v) is 4.43. The molecule has 1 heterocycles. The summed E-state index contributed by atoms with van der Waals surface area (Å²) in [5.41, 5.74) is 0.952. The van der Waals surface area contributed by atoms with Crippen molar-refractivity contribution in [2.45, 2.75) is 25.8 Å². The minimum Gasteiger partial charge on any atom is -0.320 e. The zero-order valence-electron chi connectivity index (χ0n) is 10.4. The summed E-state index contributed by atoms with van der Waals surface area (Å²) in [4.78, 5) is 28.6. The number of halogens is 1. The van der Waals surface area contributed by atoms with Crippen LogP contribution < -0.4 is 5.32 Å². The van der Waals surface area contributed by atoms with E-state index in [0.717, 1.165) is 5.56 Å². The maximum Gasteiger partial charge on any atom is 0.324 e. The number of hydrogen-bond acceptors (Lipinski definition) is 3. The van der Waals surface area contributed by atoms with Gasteiger partial charge in [-0.3, -0.25) is 15.1 Å². The minimum absolute atomic E-state index is 0.425. The molecule has 1 atom stereocenters. The highest BCUT2D eigenvalue weighted by Gasteiger charge is 2.17. The topological polar surface area (TPSA) is 62.3 Å². The molecule has 98 valence electrons. The van der Waals surface area contributed by atoms with Crippen LogP contribution in [0.4, 0.5) is 4.79 Å². The zero-order chi connectivity index (χ0) is 13.5. The van der Waals surface area contributed by atoms with Crippen molar-refractivity contribution in [3.8, 4) is 0 Å². The van der Waals surface area contributed by atoms with Gasteiger partial charge in [0.15, 0.2) is 0 Å². The van der Waals surface area contributed by atoms with E-state index in [1.807, 2.05) is 19.1 Å². The molecule has 0 aromatic carbocycles. The summed E-state index contributed by atoms with van der Waals surface area (Å²) < 4.78 is 0. The number of nitrogens with one attached hydrogen (secondary N) is 1. The van der Waals surface area contributed by atoms with Crippen LogP contribution in [0.2, 0.25) is 0 Å². The first-order valence-electron chi connectivity index (χ1n) is 5.67. The molecule has 0 bridgehead atoms. The molecule has 1 aromatic heterocycles. The quantitative estimate of drug-likeness (QED) is 0.848. The van der Waals surface area contributed by atoms with E-state index in [-0.39, 0.29) is 0 Å². The smallest absolute Gasteiger partial charge is 0.320 e. The van der Waals surface area contributed by atoms with E-state index in [0.29, 0.717) is 13.1 Å². The molecule has 0 radical (unpaired) electrons. The molecule has 1 N–H and O–H groups in total. The van der Waals surface area contributed by atoms with Gasteiger partial charge in [-0.15, -0.1) is 11.6 Å². The highest BCUT2D eigenvalue weighted by atomic mass is 35.5. The SMILES string of the molecule is CCN(Cc1ccncc1)C(=O)NC(=O)C(C)Cl. The number of hydrogen-bond donors (Lipinski definition) is 1. The number of pyridine rings is 1. The van der Waals surface area contributed by atoms with Crippen LogP contribution in [0.3, 0.4) is 0 Å². The van der Waals surface area contributed by atoms with Crippen LogP contribution in [0.15, 0.2) is 24.5 Å². The maximum absolute atomic E-state index is 11.8. The average Bonchev–Trinajstić information content (AvgIpc) is 2.36. The number of rotatable bonds is 4. The second kappa shape index (κ2) is 6.96. The fourth-order valence-electron chi connectivity index (χ4n) is 1.32. The normalized spacial score (nSPS) is 11.7. The molecule has 1 aromatic rings. The summed E-state index contributed by atoms with van der Waals surface area (Å²) in [6.45, 7) is 4.28. The first-order valence-corrected chi connectivity index (χ1v) is 6.11. The van der Waals surface area contributed by atoms with Crippen molar-refractivity contribution >= 4 is 23.5 Å². The Morgan fingerprint density at radius 3 is 2.56 bits per heavy atom. The summed E-state index contributed by atoms with van der Waals surface area (Å²) in [6, 6.07) is 3.20. The Hall–Kier alpha value is -1.62. The van der Waals surface area contributed by atoms with Gasteiger partial charge in [-0.1, -0.05) is 0 Å². The largest absolute Gasteiger partial charge is 0.324 e. The summed E-state index contributed by atoms with van der Waals surface area (Å²) >= 11 is 5.59. The number of carbonyl (C=O) groups excluding carboxylic acids is 2. The van der Waals surface area contributed by atoms with E-state index < -0.39 is 17.3 Å². The van der Waals surface area contributed by atoms with E-state index in [2.05, 4.69) is 10.3 Å². The van der Waals surface area contributed by atoms with E-state index >= 15 is 0 Å². The van der Waals surface area contributed by atoms with E-state index in [4.69, 9.17) is 11.6 Å². The molecule has 0 spiro atoms. The van der Waals surface area contributed by atoms with Crippen molar-refractivity contribution in [3.63, 3.8) is 0 Å². The molecular formula is C12H16ClN3O2. The Bertz CT molecular complexity index is 409. The van der Waals surface area contributed by atoms with Crippen molar-refractivity contribution in [3.05, 3.63) is 30.1 Å². The van der Waals surface area contributed by atoms with Crippen molar-refractivity contribution in [2.75, 3.05) is 6.54 Å². The molecule has 3 amide bonds. The molecule has 1 unspecified atom stereocenters. The van der Waals surface area contributed by atoms with Crippen LogP contribution >= 0.6 is 11.6 Å². The lowest BCUT2D eigenvalue weighted by Gasteiger charge is -2.21. The lowest BCUT2D eigenvalue weighted by molar-refractivity contribution is -0.119. The van der Waals surface area contributed by atoms with Crippen LogP contribution in [0.25, 0.3) is 0 Å². The monoisotopic (exact) mass is 269 g/mol. The summed E-state index contributed by atoms with van der Waals surface area (Å²) in [5, 5.41) is 1.52. The van der Waals surface area contributed by atoms with Crippen LogP contribution in [0.5, 0.6) is 0 Å². The summed E-state index contributed by atoms with van der Waals surface area (Å²) in [6.07, 6.45) is 3.32.